The van der Waals surface area contributed by atoms with Gasteiger partial charge in [0.15, 0.2) is 0 Å². The van der Waals surface area contributed by atoms with E-state index in [-0.39, 0.29) is 37.4 Å². The molecule has 8 heteroatoms. The topological polar surface area (TPSA) is 66.9 Å². The smallest absolute Gasteiger partial charge is 0.306 e. The van der Waals surface area contributed by atoms with E-state index < -0.39 is 23.5 Å². The second-order valence-electron chi connectivity index (χ2n) is 5.73. The zero-order valence-corrected chi connectivity index (χ0v) is 14.0. The molecule has 2 amide bonds. The van der Waals surface area contributed by atoms with Crippen molar-refractivity contribution in [3.8, 4) is 0 Å². The Morgan fingerprint density at radius 1 is 1.04 bits per heavy atom. The van der Waals surface area contributed by atoms with Gasteiger partial charge in [0, 0.05) is 32.6 Å². The highest BCUT2D eigenvalue weighted by Crippen LogP contribution is 2.15. The van der Waals surface area contributed by atoms with Gasteiger partial charge in [0.2, 0.25) is 5.91 Å². The SMILES string of the molecule is COC(=O)CCC(=O)N1CCCN(C(=O)c2cc(F)ccc2F)CC1. The molecule has 1 aliphatic rings. The van der Waals surface area contributed by atoms with Gasteiger partial charge in [0.05, 0.1) is 19.1 Å². The largest absolute Gasteiger partial charge is 0.469 e. The third-order valence-electron chi connectivity index (χ3n) is 4.07. The molecule has 0 atom stereocenters. The lowest BCUT2D eigenvalue weighted by molar-refractivity contribution is -0.143. The number of amides is 2. The molecule has 25 heavy (non-hydrogen) atoms. The van der Waals surface area contributed by atoms with Crippen LogP contribution in [0.2, 0.25) is 0 Å². The molecule has 0 radical (unpaired) electrons. The number of carbonyl (C=O) groups excluding carboxylic acids is 3. The zero-order valence-electron chi connectivity index (χ0n) is 14.0. The highest BCUT2D eigenvalue weighted by atomic mass is 19.1. The van der Waals surface area contributed by atoms with Crippen molar-refractivity contribution < 1.29 is 27.9 Å². The number of nitrogens with zero attached hydrogens (tertiary/aromatic N) is 2. The molecule has 1 aromatic rings. The first-order valence-corrected chi connectivity index (χ1v) is 8.01. The molecule has 1 fully saturated rings. The molecule has 2 rings (SSSR count). The van der Waals surface area contributed by atoms with Crippen LogP contribution in [0.15, 0.2) is 18.2 Å². The molecule has 0 aromatic heterocycles. The van der Waals surface area contributed by atoms with Crippen molar-refractivity contribution in [2.75, 3.05) is 33.3 Å². The van der Waals surface area contributed by atoms with Gasteiger partial charge >= 0.3 is 5.97 Å². The number of methoxy groups -OCH3 is 1. The number of halogens is 2. The second kappa shape index (κ2) is 8.55. The van der Waals surface area contributed by atoms with Crippen molar-refractivity contribution in [1.82, 2.24) is 9.80 Å². The fraction of sp³-hybridized carbons (Fsp3) is 0.471. The van der Waals surface area contributed by atoms with Crippen molar-refractivity contribution in [1.29, 1.82) is 0 Å². The zero-order chi connectivity index (χ0) is 18.4. The Hall–Kier alpha value is -2.51. The minimum absolute atomic E-state index is 0.00296. The standard InChI is InChI=1S/C17H20F2N2O4/c1-25-16(23)6-5-15(22)20-7-2-8-21(10-9-20)17(24)13-11-12(18)3-4-14(13)19/h3-4,11H,2,5-10H2,1H3. The molecule has 1 saturated heterocycles. The van der Waals surface area contributed by atoms with E-state index in [1.807, 2.05) is 0 Å². The minimum atomic E-state index is -0.776. The lowest BCUT2D eigenvalue weighted by Crippen LogP contribution is -2.37. The van der Waals surface area contributed by atoms with Gasteiger partial charge in [0.25, 0.3) is 5.91 Å². The average Bonchev–Trinajstić information content (AvgIpc) is 2.87. The Labute approximate surface area is 144 Å². The van der Waals surface area contributed by atoms with E-state index in [1.165, 1.54) is 12.0 Å². The number of rotatable bonds is 4. The van der Waals surface area contributed by atoms with E-state index in [9.17, 15) is 23.2 Å². The van der Waals surface area contributed by atoms with Gasteiger partial charge < -0.3 is 14.5 Å². The number of esters is 1. The molecule has 0 bridgehead atoms. The van der Waals surface area contributed by atoms with E-state index in [0.717, 1.165) is 18.2 Å². The lowest BCUT2D eigenvalue weighted by Gasteiger charge is -2.22. The Balaban J connectivity index is 1.96. The number of ether oxygens (including phenoxy) is 1. The summed E-state index contributed by atoms with van der Waals surface area (Å²) in [6.07, 6.45) is 0.564. The number of hydrogen-bond donors (Lipinski definition) is 0. The molecule has 0 saturated carbocycles. The summed E-state index contributed by atoms with van der Waals surface area (Å²) in [5.41, 5.74) is -0.314. The summed E-state index contributed by atoms with van der Waals surface area (Å²) in [6, 6.07) is 2.75. The van der Waals surface area contributed by atoms with Crippen LogP contribution in [0.4, 0.5) is 8.78 Å². The van der Waals surface area contributed by atoms with Gasteiger partial charge in [-0.05, 0) is 24.6 Å². The number of carbonyl (C=O) groups is 3. The van der Waals surface area contributed by atoms with Gasteiger partial charge in [-0.15, -0.1) is 0 Å². The maximum absolute atomic E-state index is 13.8. The summed E-state index contributed by atoms with van der Waals surface area (Å²) < 4.78 is 31.5. The molecule has 1 aliphatic heterocycles. The maximum Gasteiger partial charge on any atom is 0.306 e. The minimum Gasteiger partial charge on any atom is -0.469 e. The van der Waals surface area contributed by atoms with Gasteiger partial charge in [-0.2, -0.15) is 0 Å². The van der Waals surface area contributed by atoms with E-state index >= 15 is 0 Å². The first-order valence-electron chi connectivity index (χ1n) is 8.01. The summed E-state index contributed by atoms with van der Waals surface area (Å²) in [5.74, 6) is -2.71. The van der Waals surface area contributed by atoms with Crippen LogP contribution in [0.1, 0.15) is 29.6 Å². The van der Waals surface area contributed by atoms with Crippen LogP contribution in [0, 0.1) is 11.6 Å². The van der Waals surface area contributed by atoms with Crippen molar-refractivity contribution in [3.63, 3.8) is 0 Å². The Bertz CT molecular complexity index is 666. The van der Waals surface area contributed by atoms with Crippen LogP contribution in [-0.2, 0) is 14.3 Å². The van der Waals surface area contributed by atoms with Crippen molar-refractivity contribution in [2.24, 2.45) is 0 Å². The summed E-state index contributed by atoms with van der Waals surface area (Å²) in [7, 11) is 1.26. The van der Waals surface area contributed by atoms with Crippen molar-refractivity contribution in [2.45, 2.75) is 19.3 Å². The van der Waals surface area contributed by atoms with Crippen molar-refractivity contribution >= 4 is 17.8 Å². The van der Waals surface area contributed by atoms with Crippen LogP contribution in [0.25, 0.3) is 0 Å². The second-order valence-corrected chi connectivity index (χ2v) is 5.73. The predicted molar refractivity (Wildman–Crippen MR) is 84.7 cm³/mol. The first-order chi connectivity index (χ1) is 11.9. The molecule has 0 spiro atoms. The van der Waals surface area contributed by atoms with Crippen LogP contribution >= 0.6 is 0 Å². The molecule has 0 N–H and O–H groups in total. The number of hydrogen-bond acceptors (Lipinski definition) is 4. The summed E-state index contributed by atoms with van der Waals surface area (Å²) in [5, 5.41) is 0. The third kappa shape index (κ3) is 4.98. The molecular formula is C17H20F2N2O4. The normalized spacial score (nSPS) is 14.8. The predicted octanol–water partition coefficient (Wildman–Crippen LogP) is 1.59. The Kier molecular flexibility index (Phi) is 6.44. The number of benzene rings is 1. The van der Waals surface area contributed by atoms with E-state index in [1.54, 1.807) is 4.90 Å². The van der Waals surface area contributed by atoms with Crippen LogP contribution in [0.3, 0.4) is 0 Å². The Morgan fingerprint density at radius 2 is 1.72 bits per heavy atom. The monoisotopic (exact) mass is 354 g/mol. The third-order valence-corrected chi connectivity index (χ3v) is 4.07. The Morgan fingerprint density at radius 3 is 2.44 bits per heavy atom. The summed E-state index contributed by atoms with van der Waals surface area (Å²) >= 11 is 0. The van der Waals surface area contributed by atoms with Gasteiger partial charge in [-0.3, -0.25) is 14.4 Å². The maximum atomic E-state index is 13.8. The van der Waals surface area contributed by atoms with Crippen molar-refractivity contribution in [3.05, 3.63) is 35.4 Å². The van der Waals surface area contributed by atoms with Gasteiger partial charge in [-0.1, -0.05) is 0 Å². The highest BCUT2D eigenvalue weighted by molar-refractivity contribution is 5.94. The molecule has 1 aromatic carbocycles. The van der Waals surface area contributed by atoms with Gasteiger partial charge in [-0.25, -0.2) is 8.78 Å². The molecule has 0 unspecified atom stereocenters. The molecule has 1 heterocycles. The average molecular weight is 354 g/mol. The molecule has 136 valence electrons. The highest BCUT2D eigenvalue weighted by Gasteiger charge is 2.25. The molecular weight excluding hydrogens is 334 g/mol. The van der Waals surface area contributed by atoms with Crippen LogP contribution in [-0.4, -0.2) is 60.9 Å². The van der Waals surface area contributed by atoms with Crippen LogP contribution < -0.4 is 0 Å². The molecule has 6 nitrogen and oxygen atoms in total. The van der Waals surface area contributed by atoms with Crippen LogP contribution in [0.5, 0.6) is 0 Å². The fourth-order valence-electron chi connectivity index (χ4n) is 2.67. The fourth-order valence-corrected chi connectivity index (χ4v) is 2.67. The summed E-state index contributed by atoms with van der Waals surface area (Å²) in [4.78, 5) is 38.6. The summed E-state index contributed by atoms with van der Waals surface area (Å²) in [6.45, 7) is 1.28. The lowest BCUT2D eigenvalue weighted by atomic mass is 10.1. The first kappa shape index (κ1) is 18.8. The van der Waals surface area contributed by atoms with E-state index in [2.05, 4.69) is 4.74 Å². The quantitative estimate of drug-likeness (QED) is 0.770. The van der Waals surface area contributed by atoms with Gasteiger partial charge in [0.1, 0.15) is 11.6 Å². The van der Waals surface area contributed by atoms with E-state index in [4.69, 9.17) is 0 Å². The molecule has 0 aliphatic carbocycles. The van der Waals surface area contributed by atoms with E-state index in [0.29, 0.717) is 19.5 Å².